The number of benzene rings is 3. The molecule has 4 rings (SSSR count). The summed E-state index contributed by atoms with van der Waals surface area (Å²) in [5.41, 5.74) is 3.17. The molecule has 31 heavy (non-hydrogen) atoms. The van der Waals surface area contributed by atoms with E-state index < -0.39 is 0 Å². The normalized spacial score (nSPS) is 10.9. The van der Waals surface area contributed by atoms with Crippen LogP contribution in [0.5, 0.6) is 0 Å². The van der Waals surface area contributed by atoms with E-state index in [4.69, 9.17) is 4.98 Å². The molecule has 0 saturated heterocycles. The molecule has 0 saturated carbocycles. The number of hydrogen-bond donors (Lipinski definition) is 0. The third kappa shape index (κ3) is 4.25. The van der Waals surface area contributed by atoms with Gasteiger partial charge in [-0.1, -0.05) is 60.3 Å². The van der Waals surface area contributed by atoms with E-state index in [1.807, 2.05) is 86.6 Å². The Morgan fingerprint density at radius 3 is 2.39 bits per heavy atom. The van der Waals surface area contributed by atoms with Gasteiger partial charge in [-0.25, -0.2) is 4.98 Å². The molecule has 0 radical (unpaired) electrons. The zero-order valence-electron chi connectivity index (χ0n) is 17.5. The van der Waals surface area contributed by atoms with Crippen molar-refractivity contribution in [1.29, 1.82) is 0 Å². The van der Waals surface area contributed by atoms with Crippen molar-refractivity contribution in [2.24, 2.45) is 0 Å². The second kappa shape index (κ2) is 9.18. The summed E-state index contributed by atoms with van der Waals surface area (Å²) in [6.07, 6.45) is 0. The maximum absolute atomic E-state index is 13.3. The van der Waals surface area contributed by atoms with Gasteiger partial charge in [-0.3, -0.25) is 14.2 Å². The lowest BCUT2D eigenvalue weighted by atomic mass is 10.2. The van der Waals surface area contributed by atoms with Crippen LogP contribution in [-0.4, -0.2) is 27.8 Å². The second-order valence-electron chi connectivity index (χ2n) is 7.10. The molecular weight excluding hydrogens is 406 g/mol. The van der Waals surface area contributed by atoms with Crippen molar-refractivity contribution in [2.75, 3.05) is 17.2 Å². The summed E-state index contributed by atoms with van der Waals surface area (Å²) in [5.74, 6) is 0.156. The first-order valence-electron chi connectivity index (χ1n) is 10.2. The molecule has 156 valence electrons. The first-order chi connectivity index (χ1) is 15.1. The van der Waals surface area contributed by atoms with Crippen molar-refractivity contribution in [2.45, 2.75) is 19.0 Å². The zero-order chi connectivity index (χ0) is 21.8. The number of rotatable bonds is 6. The fraction of sp³-hybridized carbons (Fsp3) is 0.160. The van der Waals surface area contributed by atoms with Gasteiger partial charge in [0.25, 0.3) is 5.56 Å². The van der Waals surface area contributed by atoms with Crippen LogP contribution in [0.4, 0.5) is 5.69 Å². The summed E-state index contributed by atoms with van der Waals surface area (Å²) in [5, 5.41) is 1.06. The Morgan fingerprint density at radius 1 is 0.968 bits per heavy atom. The molecule has 0 unspecified atom stereocenters. The third-order valence-electron chi connectivity index (χ3n) is 5.11. The number of carbonyl (C=O) groups excluding carboxylic acids is 1. The monoisotopic (exact) mass is 429 g/mol. The molecule has 0 atom stereocenters. The van der Waals surface area contributed by atoms with Gasteiger partial charge < -0.3 is 4.90 Å². The molecule has 6 heteroatoms. The summed E-state index contributed by atoms with van der Waals surface area (Å²) in [6.45, 7) is 4.53. The van der Waals surface area contributed by atoms with Gasteiger partial charge in [0.2, 0.25) is 5.91 Å². The van der Waals surface area contributed by atoms with E-state index in [-0.39, 0.29) is 17.2 Å². The molecule has 1 heterocycles. The Bertz CT molecular complexity index is 1280. The molecular formula is C25H23N3O2S. The molecule has 0 aliphatic carbocycles. The molecule has 3 aromatic carbocycles. The van der Waals surface area contributed by atoms with Crippen LogP contribution in [0.1, 0.15) is 12.5 Å². The number of aromatic nitrogens is 2. The zero-order valence-corrected chi connectivity index (χ0v) is 18.3. The summed E-state index contributed by atoms with van der Waals surface area (Å²) in [4.78, 5) is 32.8. The minimum absolute atomic E-state index is 0.0242. The number of fused-ring (bicyclic) bond motifs is 1. The number of amides is 1. The predicted octanol–water partition coefficient (Wildman–Crippen LogP) is 4.84. The number of hydrogen-bond acceptors (Lipinski definition) is 4. The van der Waals surface area contributed by atoms with Crippen LogP contribution in [0.3, 0.4) is 0 Å². The van der Waals surface area contributed by atoms with E-state index in [0.717, 1.165) is 16.9 Å². The van der Waals surface area contributed by atoms with Crippen molar-refractivity contribution < 1.29 is 4.79 Å². The third-order valence-corrected chi connectivity index (χ3v) is 6.03. The Balaban J connectivity index is 1.70. The average molecular weight is 430 g/mol. The van der Waals surface area contributed by atoms with E-state index in [2.05, 4.69) is 0 Å². The molecule has 5 nitrogen and oxygen atoms in total. The van der Waals surface area contributed by atoms with Crippen molar-refractivity contribution in [3.63, 3.8) is 0 Å². The highest BCUT2D eigenvalue weighted by molar-refractivity contribution is 7.99. The molecule has 0 aliphatic rings. The highest BCUT2D eigenvalue weighted by Crippen LogP contribution is 2.24. The van der Waals surface area contributed by atoms with Crippen molar-refractivity contribution in [3.05, 3.63) is 94.8 Å². The van der Waals surface area contributed by atoms with E-state index in [1.54, 1.807) is 15.5 Å². The molecule has 0 spiro atoms. The Morgan fingerprint density at radius 2 is 1.65 bits per heavy atom. The summed E-state index contributed by atoms with van der Waals surface area (Å²) in [7, 11) is 0. The number of anilines is 1. The number of aryl methyl sites for hydroxylation is 1. The SMILES string of the molecule is CCN(C(=O)CSc1nc2ccccc2c(=O)n1-c1ccccc1)c1ccccc1C. The van der Waals surface area contributed by atoms with Gasteiger partial charge >= 0.3 is 0 Å². The topological polar surface area (TPSA) is 55.2 Å². The van der Waals surface area contributed by atoms with Crippen LogP contribution < -0.4 is 10.5 Å². The van der Waals surface area contributed by atoms with Gasteiger partial charge in [-0.05, 0) is 49.7 Å². The molecule has 0 N–H and O–H groups in total. The fourth-order valence-electron chi connectivity index (χ4n) is 3.57. The van der Waals surface area contributed by atoms with E-state index in [9.17, 15) is 9.59 Å². The highest BCUT2D eigenvalue weighted by Gasteiger charge is 2.19. The van der Waals surface area contributed by atoms with Crippen LogP contribution in [0.25, 0.3) is 16.6 Å². The van der Waals surface area contributed by atoms with E-state index >= 15 is 0 Å². The Kier molecular flexibility index (Phi) is 6.18. The Labute approximate surface area is 185 Å². The van der Waals surface area contributed by atoms with Gasteiger partial charge in [0.1, 0.15) is 0 Å². The van der Waals surface area contributed by atoms with Gasteiger partial charge in [0, 0.05) is 12.2 Å². The maximum Gasteiger partial charge on any atom is 0.266 e. The minimum Gasteiger partial charge on any atom is -0.312 e. The molecule has 0 bridgehead atoms. The van der Waals surface area contributed by atoms with Crippen LogP contribution >= 0.6 is 11.8 Å². The number of carbonyl (C=O) groups is 1. The van der Waals surface area contributed by atoms with Crippen LogP contribution in [-0.2, 0) is 4.79 Å². The lowest BCUT2D eigenvalue weighted by Crippen LogP contribution is -2.33. The maximum atomic E-state index is 13.3. The number of thioether (sulfide) groups is 1. The minimum atomic E-state index is -0.141. The summed E-state index contributed by atoms with van der Waals surface area (Å²) >= 11 is 1.28. The number of para-hydroxylation sites is 3. The van der Waals surface area contributed by atoms with Crippen molar-refractivity contribution >= 4 is 34.3 Å². The summed E-state index contributed by atoms with van der Waals surface area (Å²) < 4.78 is 1.59. The molecule has 1 aromatic heterocycles. The first-order valence-corrected chi connectivity index (χ1v) is 11.1. The Hall–Kier alpha value is -3.38. The van der Waals surface area contributed by atoms with Crippen molar-refractivity contribution in [1.82, 2.24) is 9.55 Å². The lowest BCUT2D eigenvalue weighted by Gasteiger charge is -2.23. The first kappa shape index (κ1) is 20.9. The van der Waals surface area contributed by atoms with E-state index in [1.165, 1.54) is 11.8 Å². The van der Waals surface area contributed by atoms with Gasteiger partial charge in [0.15, 0.2) is 5.16 Å². The molecule has 1 amide bonds. The second-order valence-corrected chi connectivity index (χ2v) is 8.04. The van der Waals surface area contributed by atoms with E-state index in [0.29, 0.717) is 22.6 Å². The summed E-state index contributed by atoms with van der Waals surface area (Å²) in [6, 6.07) is 24.5. The highest BCUT2D eigenvalue weighted by atomic mass is 32.2. The molecule has 4 aromatic rings. The van der Waals surface area contributed by atoms with Crippen molar-refractivity contribution in [3.8, 4) is 5.69 Å². The van der Waals surface area contributed by atoms with Gasteiger partial charge in [-0.2, -0.15) is 0 Å². The predicted molar refractivity (Wildman–Crippen MR) is 127 cm³/mol. The average Bonchev–Trinajstić information content (AvgIpc) is 2.80. The van der Waals surface area contributed by atoms with Gasteiger partial charge in [-0.15, -0.1) is 0 Å². The standard InChI is InChI=1S/C25H23N3O2S/c1-3-27(22-16-10-7-11-18(22)2)23(29)17-31-25-26-21-15-9-8-14-20(21)24(30)28(25)19-12-5-4-6-13-19/h4-16H,3,17H2,1-2H3. The van der Waals surface area contributed by atoms with Crippen LogP contribution in [0, 0.1) is 6.92 Å². The van der Waals surface area contributed by atoms with Crippen LogP contribution in [0.2, 0.25) is 0 Å². The number of nitrogens with zero attached hydrogens (tertiary/aromatic N) is 3. The van der Waals surface area contributed by atoms with Gasteiger partial charge in [0.05, 0.1) is 22.3 Å². The molecule has 0 fully saturated rings. The lowest BCUT2D eigenvalue weighted by molar-refractivity contribution is -0.116. The smallest absolute Gasteiger partial charge is 0.266 e. The molecule has 0 aliphatic heterocycles. The largest absolute Gasteiger partial charge is 0.312 e. The van der Waals surface area contributed by atoms with Crippen LogP contribution in [0.15, 0.2) is 88.8 Å². The fourth-order valence-corrected chi connectivity index (χ4v) is 4.45. The quantitative estimate of drug-likeness (QED) is 0.325.